The molecule has 3 heteroatoms. The standard InChI is InChI=1S/C25H22ClNO/c26-23-11-9-20(10-12-23)25-4-2-1-3-22(25)16-24-15-21(13-14-27-24)19-7-5-18(17-28)6-8-19/h1-13,17,24,27H,14-16H2. The van der Waals surface area contributed by atoms with Crippen LogP contribution in [-0.2, 0) is 6.42 Å². The fourth-order valence-corrected chi connectivity index (χ4v) is 3.93. The smallest absolute Gasteiger partial charge is 0.150 e. The summed E-state index contributed by atoms with van der Waals surface area (Å²) in [6.07, 6.45) is 5.06. The molecule has 28 heavy (non-hydrogen) atoms. The lowest BCUT2D eigenvalue weighted by molar-refractivity contribution is 0.112. The summed E-state index contributed by atoms with van der Waals surface area (Å²) in [5, 5.41) is 4.38. The number of halogens is 1. The predicted molar refractivity (Wildman–Crippen MR) is 117 cm³/mol. The van der Waals surface area contributed by atoms with Crippen molar-refractivity contribution >= 4 is 23.5 Å². The topological polar surface area (TPSA) is 29.1 Å². The molecule has 1 heterocycles. The van der Waals surface area contributed by atoms with Gasteiger partial charge < -0.3 is 5.32 Å². The molecule has 0 aromatic heterocycles. The molecule has 0 saturated heterocycles. The van der Waals surface area contributed by atoms with Gasteiger partial charge in [-0.3, -0.25) is 4.79 Å². The van der Waals surface area contributed by atoms with Crippen molar-refractivity contribution in [2.45, 2.75) is 18.9 Å². The largest absolute Gasteiger partial charge is 0.310 e. The molecule has 0 spiro atoms. The normalized spacial score (nSPS) is 16.5. The van der Waals surface area contributed by atoms with Crippen molar-refractivity contribution in [3.63, 3.8) is 0 Å². The summed E-state index contributed by atoms with van der Waals surface area (Å²) in [7, 11) is 0. The number of nitrogens with one attached hydrogen (secondary N) is 1. The number of hydrogen-bond donors (Lipinski definition) is 1. The van der Waals surface area contributed by atoms with Gasteiger partial charge >= 0.3 is 0 Å². The van der Waals surface area contributed by atoms with E-state index in [1.807, 2.05) is 36.4 Å². The molecule has 0 radical (unpaired) electrons. The Bertz CT molecular complexity index is 990. The second kappa shape index (κ2) is 8.55. The SMILES string of the molecule is O=Cc1ccc(C2=CCNC(Cc3ccccc3-c3ccc(Cl)cc3)C2)cc1. The Morgan fingerprint density at radius 3 is 2.39 bits per heavy atom. The maximum Gasteiger partial charge on any atom is 0.150 e. The Hall–Kier alpha value is -2.68. The molecule has 1 atom stereocenters. The van der Waals surface area contributed by atoms with Crippen LogP contribution in [0.1, 0.15) is 27.9 Å². The zero-order valence-electron chi connectivity index (χ0n) is 15.6. The molecule has 0 aliphatic carbocycles. The molecule has 4 rings (SSSR count). The highest BCUT2D eigenvalue weighted by Crippen LogP contribution is 2.29. The highest BCUT2D eigenvalue weighted by atomic mass is 35.5. The van der Waals surface area contributed by atoms with Gasteiger partial charge in [-0.1, -0.05) is 78.3 Å². The first kappa shape index (κ1) is 18.7. The van der Waals surface area contributed by atoms with Crippen molar-refractivity contribution in [3.8, 4) is 11.1 Å². The summed E-state index contributed by atoms with van der Waals surface area (Å²) in [5.74, 6) is 0. The van der Waals surface area contributed by atoms with E-state index < -0.39 is 0 Å². The molecule has 1 aliphatic rings. The van der Waals surface area contributed by atoms with Crippen molar-refractivity contribution in [3.05, 3.63) is 101 Å². The van der Waals surface area contributed by atoms with Crippen LogP contribution in [0.15, 0.2) is 78.9 Å². The molecule has 0 amide bonds. The summed E-state index contributed by atoms with van der Waals surface area (Å²) in [6.45, 7) is 0.860. The van der Waals surface area contributed by atoms with E-state index >= 15 is 0 Å². The quantitative estimate of drug-likeness (QED) is 0.560. The molecule has 1 N–H and O–H groups in total. The minimum absolute atomic E-state index is 0.374. The lowest BCUT2D eigenvalue weighted by atomic mass is 9.89. The number of benzene rings is 3. The molecule has 1 aliphatic heterocycles. The average Bonchev–Trinajstić information content (AvgIpc) is 2.75. The van der Waals surface area contributed by atoms with Crippen molar-refractivity contribution in [1.82, 2.24) is 5.32 Å². The summed E-state index contributed by atoms with van der Waals surface area (Å²) in [6, 6.07) is 24.8. The number of carbonyl (C=O) groups is 1. The van der Waals surface area contributed by atoms with Gasteiger partial charge in [0.15, 0.2) is 0 Å². The summed E-state index contributed by atoms with van der Waals surface area (Å²) in [5.41, 5.74) is 7.03. The van der Waals surface area contributed by atoms with Gasteiger partial charge in [0.05, 0.1) is 0 Å². The first-order chi connectivity index (χ1) is 13.7. The van der Waals surface area contributed by atoms with Gasteiger partial charge in [0.1, 0.15) is 6.29 Å². The van der Waals surface area contributed by atoms with Crippen LogP contribution in [0.4, 0.5) is 0 Å². The van der Waals surface area contributed by atoms with E-state index in [1.165, 1.54) is 27.8 Å². The fourth-order valence-electron chi connectivity index (χ4n) is 3.80. The van der Waals surface area contributed by atoms with Crippen molar-refractivity contribution in [2.24, 2.45) is 0 Å². The zero-order valence-corrected chi connectivity index (χ0v) is 16.3. The highest BCUT2D eigenvalue weighted by Gasteiger charge is 2.18. The highest BCUT2D eigenvalue weighted by molar-refractivity contribution is 6.30. The van der Waals surface area contributed by atoms with E-state index in [4.69, 9.17) is 11.6 Å². The van der Waals surface area contributed by atoms with E-state index in [0.717, 1.165) is 30.7 Å². The van der Waals surface area contributed by atoms with E-state index in [1.54, 1.807) is 0 Å². The first-order valence-corrected chi connectivity index (χ1v) is 9.92. The molecular weight excluding hydrogens is 366 g/mol. The van der Waals surface area contributed by atoms with Crippen LogP contribution >= 0.6 is 11.6 Å². The fraction of sp³-hybridized carbons (Fsp3) is 0.160. The lowest BCUT2D eigenvalue weighted by Crippen LogP contribution is -2.34. The van der Waals surface area contributed by atoms with E-state index in [9.17, 15) is 4.79 Å². The molecule has 0 saturated carbocycles. The van der Waals surface area contributed by atoms with Crippen LogP contribution in [0.3, 0.4) is 0 Å². The third kappa shape index (κ3) is 4.24. The van der Waals surface area contributed by atoms with Gasteiger partial charge in [-0.2, -0.15) is 0 Å². The number of carbonyl (C=O) groups excluding carboxylic acids is 1. The maximum atomic E-state index is 10.9. The van der Waals surface area contributed by atoms with Crippen LogP contribution < -0.4 is 5.32 Å². The summed E-state index contributed by atoms with van der Waals surface area (Å²) in [4.78, 5) is 10.9. The Morgan fingerprint density at radius 1 is 0.929 bits per heavy atom. The average molecular weight is 388 g/mol. The summed E-state index contributed by atoms with van der Waals surface area (Å²) < 4.78 is 0. The first-order valence-electron chi connectivity index (χ1n) is 9.55. The monoisotopic (exact) mass is 387 g/mol. The molecular formula is C25H22ClNO. The van der Waals surface area contributed by atoms with E-state index in [2.05, 4.69) is 47.8 Å². The third-order valence-electron chi connectivity index (χ3n) is 5.28. The molecule has 0 bridgehead atoms. The van der Waals surface area contributed by atoms with Crippen LogP contribution in [-0.4, -0.2) is 18.9 Å². The molecule has 0 fully saturated rings. The van der Waals surface area contributed by atoms with Gasteiger partial charge in [-0.25, -0.2) is 0 Å². The third-order valence-corrected chi connectivity index (χ3v) is 5.53. The van der Waals surface area contributed by atoms with Crippen LogP contribution in [0.25, 0.3) is 16.7 Å². The van der Waals surface area contributed by atoms with Crippen LogP contribution in [0, 0.1) is 0 Å². The molecule has 3 aromatic rings. The number of aldehydes is 1. The maximum absolute atomic E-state index is 10.9. The minimum Gasteiger partial charge on any atom is -0.310 e. The molecule has 1 unspecified atom stereocenters. The van der Waals surface area contributed by atoms with Crippen molar-refractivity contribution < 1.29 is 4.79 Å². The molecule has 3 aromatic carbocycles. The van der Waals surface area contributed by atoms with Gasteiger partial charge in [0.2, 0.25) is 0 Å². The van der Waals surface area contributed by atoms with Gasteiger partial charge in [-0.05, 0) is 52.8 Å². The van der Waals surface area contributed by atoms with Crippen LogP contribution in [0.5, 0.6) is 0 Å². The zero-order chi connectivity index (χ0) is 19.3. The van der Waals surface area contributed by atoms with Gasteiger partial charge in [-0.15, -0.1) is 0 Å². The Morgan fingerprint density at radius 2 is 1.64 bits per heavy atom. The Labute approximate surface area is 170 Å². The number of hydrogen-bond acceptors (Lipinski definition) is 2. The second-order valence-corrected chi connectivity index (χ2v) is 7.58. The minimum atomic E-state index is 0.374. The predicted octanol–water partition coefficient (Wildman–Crippen LogP) is 5.81. The molecule has 140 valence electrons. The van der Waals surface area contributed by atoms with Crippen molar-refractivity contribution in [2.75, 3.05) is 6.54 Å². The van der Waals surface area contributed by atoms with Gasteiger partial charge in [0.25, 0.3) is 0 Å². The van der Waals surface area contributed by atoms with Crippen LogP contribution in [0.2, 0.25) is 5.02 Å². The van der Waals surface area contributed by atoms with E-state index in [-0.39, 0.29) is 0 Å². The number of rotatable bonds is 5. The Balaban J connectivity index is 1.53. The second-order valence-electron chi connectivity index (χ2n) is 7.15. The van der Waals surface area contributed by atoms with Gasteiger partial charge in [0, 0.05) is 23.2 Å². The molecule has 2 nitrogen and oxygen atoms in total. The van der Waals surface area contributed by atoms with Crippen molar-refractivity contribution in [1.29, 1.82) is 0 Å². The lowest BCUT2D eigenvalue weighted by Gasteiger charge is -2.25. The summed E-state index contributed by atoms with van der Waals surface area (Å²) >= 11 is 6.05. The Kier molecular flexibility index (Phi) is 5.70. The van der Waals surface area contributed by atoms with E-state index in [0.29, 0.717) is 11.6 Å².